The predicted molar refractivity (Wildman–Crippen MR) is 92.8 cm³/mol. The first-order chi connectivity index (χ1) is 11.4. The van der Waals surface area contributed by atoms with Gasteiger partial charge in [0.1, 0.15) is 0 Å². The molecule has 0 radical (unpaired) electrons. The van der Waals surface area contributed by atoms with E-state index in [2.05, 4.69) is 4.74 Å². The Morgan fingerprint density at radius 3 is 2.42 bits per heavy atom. The summed E-state index contributed by atoms with van der Waals surface area (Å²) in [5, 5.41) is 0. The van der Waals surface area contributed by atoms with Crippen LogP contribution in [0, 0.1) is 13.8 Å². The van der Waals surface area contributed by atoms with Crippen molar-refractivity contribution < 1.29 is 23.8 Å². The quantitative estimate of drug-likeness (QED) is 0.468. The highest BCUT2D eigenvalue weighted by molar-refractivity contribution is 7.12. The maximum Gasteiger partial charge on any atom is 0.344 e. The van der Waals surface area contributed by atoms with Crippen LogP contribution in [0.1, 0.15) is 25.7 Å². The Balaban J connectivity index is 2.21. The summed E-state index contributed by atoms with van der Waals surface area (Å²) in [6.45, 7) is 3.82. The average molecular weight is 346 g/mol. The van der Waals surface area contributed by atoms with Gasteiger partial charge < -0.3 is 14.2 Å². The SMILES string of the molecule is COC(=O)/C=C\c1ccc(OC(=O)c2cc(C)sc2C)c(OC)c1. The normalized spacial score (nSPS) is 10.7. The smallest absolute Gasteiger partial charge is 0.344 e. The van der Waals surface area contributed by atoms with Crippen LogP contribution in [0.15, 0.2) is 30.3 Å². The van der Waals surface area contributed by atoms with Crippen molar-refractivity contribution in [1.29, 1.82) is 0 Å². The first-order valence-electron chi connectivity index (χ1n) is 7.18. The van der Waals surface area contributed by atoms with E-state index in [1.165, 1.54) is 20.3 Å². The van der Waals surface area contributed by atoms with Crippen molar-refractivity contribution >= 4 is 29.4 Å². The fourth-order valence-corrected chi connectivity index (χ4v) is 3.00. The summed E-state index contributed by atoms with van der Waals surface area (Å²) in [5.41, 5.74) is 1.27. The van der Waals surface area contributed by atoms with Crippen LogP contribution in [0.25, 0.3) is 6.08 Å². The number of carbonyl (C=O) groups is 2. The van der Waals surface area contributed by atoms with E-state index in [-0.39, 0.29) is 0 Å². The van der Waals surface area contributed by atoms with Gasteiger partial charge in [-0.25, -0.2) is 9.59 Å². The van der Waals surface area contributed by atoms with E-state index in [1.54, 1.807) is 35.6 Å². The van der Waals surface area contributed by atoms with Crippen molar-refractivity contribution in [3.05, 3.63) is 51.2 Å². The highest BCUT2D eigenvalue weighted by Crippen LogP contribution is 2.30. The van der Waals surface area contributed by atoms with Crippen LogP contribution < -0.4 is 9.47 Å². The summed E-state index contributed by atoms with van der Waals surface area (Å²) in [4.78, 5) is 25.4. The van der Waals surface area contributed by atoms with E-state index in [0.29, 0.717) is 17.1 Å². The molecule has 0 aliphatic rings. The third-order valence-corrected chi connectivity index (χ3v) is 4.23. The number of rotatable bonds is 5. The maximum atomic E-state index is 12.3. The molecule has 0 saturated heterocycles. The zero-order valence-corrected chi connectivity index (χ0v) is 14.7. The Bertz CT molecular complexity index is 789. The third-order valence-electron chi connectivity index (χ3n) is 3.26. The van der Waals surface area contributed by atoms with Crippen molar-refractivity contribution in [2.75, 3.05) is 14.2 Å². The van der Waals surface area contributed by atoms with Gasteiger partial charge in [0.25, 0.3) is 0 Å². The zero-order valence-electron chi connectivity index (χ0n) is 13.9. The third kappa shape index (κ3) is 4.23. The summed E-state index contributed by atoms with van der Waals surface area (Å²) in [6.07, 6.45) is 2.89. The molecule has 1 aromatic carbocycles. The van der Waals surface area contributed by atoms with Crippen LogP contribution in [0.3, 0.4) is 0 Å². The van der Waals surface area contributed by atoms with Crippen molar-refractivity contribution in [2.24, 2.45) is 0 Å². The van der Waals surface area contributed by atoms with Crippen LogP contribution in [-0.2, 0) is 9.53 Å². The van der Waals surface area contributed by atoms with Crippen LogP contribution in [0.2, 0.25) is 0 Å². The van der Waals surface area contributed by atoms with Crippen molar-refractivity contribution in [2.45, 2.75) is 13.8 Å². The van der Waals surface area contributed by atoms with Crippen LogP contribution in [0.5, 0.6) is 11.5 Å². The second kappa shape index (κ2) is 7.79. The predicted octanol–water partition coefficient (Wildman–Crippen LogP) is 3.78. The summed E-state index contributed by atoms with van der Waals surface area (Å²) < 4.78 is 15.3. The van der Waals surface area contributed by atoms with Gasteiger partial charge >= 0.3 is 11.9 Å². The van der Waals surface area contributed by atoms with Gasteiger partial charge in [-0.2, -0.15) is 0 Å². The molecule has 2 rings (SSSR count). The Morgan fingerprint density at radius 2 is 1.83 bits per heavy atom. The number of carbonyl (C=O) groups excluding carboxylic acids is 2. The molecule has 0 aliphatic carbocycles. The van der Waals surface area contributed by atoms with Gasteiger partial charge in [0.15, 0.2) is 11.5 Å². The van der Waals surface area contributed by atoms with E-state index < -0.39 is 11.9 Å². The van der Waals surface area contributed by atoms with Gasteiger partial charge in [-0.15, -0.1) is 11.3 Å². The van der Waals surface area contributed by atoms with Gasteiger partial charge in [0.2, 0.25) is 0 Å². The minimum atomic E-state index is -0.451. The molecule has 0 saturated carbocycles. The van der Waals surface area contributed by atoms with Gasteiger partial charge in [0.05, 0.1) is 19.8 Å². The molecule has 1 aromatic heterocycles. The Kier molecular flexibility index (Phi) is 5.76. The van der Waals surface area contributed by atoms with Gasteiger partial charge in [-0.1, -0.05) is 6.07 Å². The maximum absolute atomic E-state index is 12.3. The van der Waals surface area contributed by atoms with Crippen LogP contribution >= 0.6 is 11.3 Å². The first kappa shape index (κ1) is 17.7. The lowest BCUT2D eigenvalue weighted by atomic mass is 10.2. The number of benzene rings is 1. The molecule has 0 aliphatic heterocycles. The molecule has 0 fully saturated rings. The molecule has 0 N–H and O–H groups in total. The molecule has 24 heavy (non-hydrogen) atoms. The number of esters is 2. The molecule has 1 heterocycles. The van der Waals surface area contributed by atoms with E-state index in [9.17, 15) is 9.59 Å². The minimum Gasteiger partial charge on any atom is -0.493 e. The van der Waals surface area contributed by atoms with E-state index in [4.69, 9.17) is 9.47 Å². The topological polar surface area (TPSA) is 61.8 Å². The monoisotopic (exact) mass is 346 g/mol. The van der Waals surface area contributed by atoms with Crippen molar-refractivity contribution in [1.82, 2.24) is 0 Å². The lowest BCUT2D eigenvalue weighted by molar-refractivity contribution is -0.134. The Morgan fingerprint density at radius 1 is 1.08 bits per heavy atom. The second-order valence-electron chi connectivity index (χ2n) is 4.98. The fraction of sp³-hybridized carbons (Fsp3) is 0.222. The van der Waals surface area contributed by atoms with Gasteiger partial charge in [-0.3, -0.25) is 0 Å². The lowest BCUT2D eigenvalue weighted by Crippen LogP contribution is -2.09. The van der Waals surface area contributed by atoms with Crippen molar-refractivity contribution in [3.8, 4) is 11.5 Å². The number of aryl methyl sites for hydroxylation is 2. The molecule has 2 aromatic rings. The number of ether oxygens (including phenoxy) is 3. The first-order valence-corrected chi connectivity index (χ1v) is 7.99. The molecule has 0 unspecified atom stereocenters. The number of hydrogen-bond donors (Lipinski definition) is 0. The lowest BCUT2D eigenvalue weighted by Gasteiger charge is -2.10. The molecule has 0 amide bonds. The van der Waals surface area contributed by atoms with Crippen LogP contribution in [0.4, 0.5) is 0 Å². The van der Waals surface area contributed by atoms with Gasteiger partial charge in [0, 0.05) is 15.8 Å². The molecular formula is C18H18O5S. The number of thiophene rings is 1. The molecule has 6 heteroatoms. The standard InChI is InChI=1S/C18H18O5S/c1-11-9-14(12(2)24-11)18(20)23-15-7-5-13(10-16(15)21-3)6-8-17(19)22-4/h5-10H,1-4H3/b8-6-. The zero-order chi connectivity index (χ0) is 17.7. The summed E-state index contributed by atoms with van der Waals surface area (Å²) in [7, 11) is 2.80. The average Bonchev–Trinajstić information content (AvgIpc) is 2.91. The summed E-state index contributed by atoms with van der Waals surface area (Å²) >= 11 is 1.55. The fourth-order valence-electron chi connectivity index (χ4n) is 2.09. The van der Waals surface area contributed by atoms with E-state index >= 15 is 0 Å². The Labute approximate surface area is 144 Å². The van der Waals surface area contributed by atoms with Gasteiger partial charge in [-0.05, 0) is 43.7 Å². The highest BCUT2D eigenvalue weighted by Gasteiger charge is 2.16. The Hall–Kier alpha value is -2.60. The van der Waals surface area contributed by atoms with Crippen LogP contribution in [-0.4, -0.2) is 26.2 Å². The second-order valence-corrected chi connectivity index (χ2v) is 6.44. The molecule has 126 valence electrons. The van der Waals surface area contributed by atoms with E-state index in [0.717, 1.165) is 15.3 Å². The molecule has 0 bridgehead atoms. The highest BCUT2D eigenvalue weighted by atomic mass is 32.1. The minimum absolute atomic E-state index is 0.320. The number of methoxy groups -OCH3 is 2. The largest absolute Gasteiger partial charge is 0.493 e. The summed E-state index contributed by atoms with van der Waals surface area (Å²) in [5.74, 6) is -0.151. The molecule has 5 nitrogen and oxygen atoms in total. The number of hydrogen-bond acceptors (Lipinski definition) is 6. The molecule has 0 spiro atoms. The summed E-state index contributed by atoms with van der Waals surface area (Å²) in [6, 6.07) is 6.83. The van der Waals surface area contributed by atoms with E-state index in [1.807, 2.05) is 19.9 Å². The van der Waals surface area contributed by atoms with Crippen molar-refractivity contribution in [3.63, 3.8) is 0 Å². The molecular weight excluding hydrogens is 328 g/mol. The molecule has 0 atom stereocenters.